The van der Waals surface area contributed by atoms with Gasteiger partial charge in [-0.3, -0.25) is 14.7 Å². The van der Waals surface area contributed by atoms with E-state index in [0.717, 1.165) is 29.7 Å². The Kier molecular flexibility index (Phi) is 3.48. The monoisotopic (exact) mass is 325 g/mol. The SMILES string of the molecule is Cc1[nH][nH]c(=O)c1CC(=O)N1CCC[C@H]1c1nc2ccccc2[nH]1. The Morgan fingerprint density at radius 1 is 1.33 bits per heavy atom. The predicted octanol–water partition coefficient (Wildman–Crippen LogP) is 1.79. The second-order valence-corrected chi connectivity index (χ2v) is 6.24. The zero-order valence-corrected chi connectivity index (χ0v) is 13.4. The zero-order chi connectivity index (χ0) is 16.7. The number of carbonyl (C=O) groups excluding carboxylic acids is 1. The molecule has 1 fully saturated rings. The van der Waals surface area contributed by atoms with Crippen LogP contribution < -0.4 is 5.56 Å². The van der Waals surface area contributed by atoms with Crippen LogP contribution in [0.1, 0.15) is 36.0 Å². The second-order valence-electron chi connectivity index (χ2n) is 6.24. The maximum absolute atomic E-state index is 12.7. The van der Waals surface area contributed by atoms with Gasteiger partial charge in [-0.05, 0) is 31.9 Å². The predicted molar refractivity (Wildman–Crippen MR) is 89.6 cm³/mol. The highest BCUT2D eigenvalue weighted by Gasteiger charge is 2.32. The number of aromatic nitrogens is 4. The van der Waals surface area contributed by atoms with Crippen LogP contribution in [0, 0.1) is 6.92 Å². The summed E-state index contributed by atoms with van der Waals surface area (Å²) in [5.74, 6) is 0.785. The molecule has 3 heterocycles. The number of aryl methyl sites for hydroxylation is 1. The summed E-state index contributed by atoms with van der Waals surface area (Å²) in [6.45, 7) is 2.49. The molecule has 24 heavy (non-hydrogen) atoms. The molecule has 1 atom stereocenters. The van der Waals surface area contributed by atoms with Crippen molar-refractivity contribution in [1.29, 1.82) is 0 Å². The standard InChI is InChI=1S/C17H19N5O2/c1-10-11(17(24)21-20-10)9-15(23)22-8-4-7-14(22)16-18-12-5-2-3-6-13(12)19-16/h2-3,5-6,14H,4,7-9H2,1H3,(H,18,19)(H2,20,21,24)/t14-/m0/s1. The quantitative estimate of drug-likeness (QED) is 0.685. The van der Waals surface area contributed by atoms with Gasteiger partial charge in [0.05, 0.1) is 23.5 Å². The van der Waals surface area contributed by atoms with Gasteiger partial charge in [0.15, 0.2) is 0 Å². The van der Waals surface area contributed by atoms with E-state index in [1.807, 2.05) is 29.2 Å². The molecule has 1 aromatic carbocycles. The number of likely N-dealkylation sites (tertiary alicyclic amines) is 1. The van der Waals surface area contributed by atoms with Crippen molar-refractivity contribution in [2.24, 2.45) is 0 Å². The van der Waals surface area contributed by atoms with Crippen molar-refractivity contribution in [3.05, 3.63) is 51.7 Å². The number of aromatic amines is 3. The Hall–Kier alpha value is -2.83. The number of nitrogens with one attached hydrogen (secondary N) is 3. The molecule has 0 bridgehead atoms. The van der Waals surface area contributed by atoms with Gasteiger partial charge in [0.1, 0.15) is 5.82 Å². The number of benzene rings is 1. The molecule has 1 amide bonds. The maximum Gasteiger partial charge on any atom is 0.267 e. The Labute approximate surface area is 138 Å². The van der Waals surface area contributed by atoms with Crippen LogP contribution in [0.2, 0.25) is 0 Å². The summed E-state index contributed by atoms with van der Waals surface area (Å²) in [7, 11) is 0. The second kappa shape index (κ2) is 5.67. The molecule has 0 spiro atoms. The number of para-hydroxylation sites is 2. The van der Waals surface area contributed by atoms with Gasteiger partial charge in [-0.15, -0.1) is 0 Å². The molecule has 1 aliphatic heterocycles. The Bertz CT molecular complexity index is 918. The molecule has 7 nitrogen and oxygen atoms in total. The fourth-order valence-corrected chi connectivity index (χ4v) is 3.42. The molecule has 7 heteroatoms. The summed E-state index contributed by atoms with van der Waals surface area (Å²) in [5, 5.41) is 5.29. The van der Waals surface area contributed by atoms with E-state index in [-0.39, 0.29) is 23.9 Å². The number of rotatable bonds is 3. The van der Waals surface area contributed by atoms with E-state index in [2.05, 4.69) is 20.2 Å². The minimum Gasteiger partial charge on any atom is -0.340 e. The largest absolute Gasteiger partial charge is 0.340 e. The number of imidazole rings is 1. The molecule has 1 saturated heterocycles. The fraction of sp³-hybridized carbons (Fsp3) is 0.353. The van der Waals surface area contributed by atoms with Gasteiger partial charge in [-0.25, -0.2) is 4.98 Å². The van der Waals surface area contributed by atoms with Crippen LogP contribution in [-0.2, 0) is 11.2 Å². The summed E-state index contributed by atoms with van der Waals surface area (Å²) < 4.78 is 0. The molecule has 3 N–H and O–H groups in total. The molecule has 0 unspecified atom stereocenters. The average molecular weight is 325 g/mol. The lowest BCUT2D eigenvalue weighted by atomic mass is 10.1. The van der Waals surface area contributed by atoms with Crippen molar-refractivity contribution < 1.29 is 4.79 Å². The lowest BCUT2D eigenvalue weighted by Crippen LogP contribution is -2.33. The summed E-state index contributed by atoms with van der Waals surface area (Å²) in [6, 6.07) is 7.80. The van der Waals surface area contributed by atoms with Gasteiger partial charge in [-0.2, -0.15) is 0 Å². The topological polar surface area (TPSA) is 97.6 Å². The Morgan fingerprint density at radius 2 is 2.17 bits per heavy atom. The van der Waals surface area contributed by atoms with E-state index < -0.39 is 0 Å². The number of nitrogens with zero attached hydrogens (tertiary/aromatic N) is 2. The van der Waals surface area contributed by atoms with Gasteiger partial charge in [-0.1, -0.05) is 12.1 Å². The van der Waals surface area contributed by atoms with E-state index in [4.69, 9.17) is 0 Å². The van der Waals surface area contributed by atoms with Crippen molar-refractivity contribution in [1.82, 2.24) is 25.1 Å². The van der Waals surface area contributed by atoms with Crippen LogP contribution in [0.5, 0.6) is 0 Å². The lowest BCUT2D eigenvalue weighted by molar-refractivity contribution is -0.131. The number of hydrogen-bond acceptors (Lipinski definition) is 3. The Morgan fingerprint density at radius 3 is 2.92 bits per heavy atom. The van der Waals surface area contributed by atoms with Crippen LogP contribution >= 0.6 is 0 Å². The molecule has 0 aliphatic carbocycles. The lowest BCUT2D eigenvalue weighted by Gasteiger charge is -2.23. The molecule has 4 rings (SSSR count). The van der Waals surface area contributed by atoms with Gasteiger partial charge in [0, 0.05) is 17.8 Å². The summed E-state index contributed by atoms with van der Waals surface area (Å²) >= 11 is 0. The van der Waals surface area contributed by atoms with E-state index in [9.17, 15) is 9.59 Å². The summed E-state index contributed by atoms with van der Waals surface area (Å²) in [4.78, 5) is 34.3. The molecule has 0 radical (unpaired) electrons. The minimum absolute atomic E-state index is 0.0360. The van der Waals surface area contributed by atoms with Crippen LogP contribution in [0.25, 0.3) is 11.0 Å². The summed E-state index contributed by atoms with van der Waals surface area (Å²) in [6.07, 6.45) is 1.94. The smallest absolute Gasteiger partial charge is 0.267 e. The molecule has 3 aromatic rings. The highest BCUT2D eigenvalue weighted by Crippen LogP contribution is 2.31. The van der Waals surface area contributed by atoms with E-state index in [1.165, 1.54) is 0 Å². The molecule has 0 saturated carbocycles. The summed E-state index contributed by atoms with van der Waals surface area (Å²) in [5.41, 5.74) is 2.89. The first-order valence-electron chi connectivity index (χ1n) is 8.13. The van der Waals surface area contributed by atoms with Crippen molar-refractivity contribution in [3.63, 3.8) is 0 Å². The van der Waals surface area contributed by atoms with E-state index in [1.54, 1.807) is 6.92 Å². The highest BCUT2D eigenvalue weighted by molar-refractivity contribution is 5.80. The normalized spacial score (nSPS) is 17.7. The Balaban J connectivity index is 1.60. The third-order valence-electron chi connectivity index (χ3n) is 4.71. The first-order chi connectivity index (χ1) is 11.6. The molecular weight excluding hydrogens is 306 g/mol. The highest BCUT2D eigenvalue weighted by atomic mass is 16.2. The number of hydrogen-bond donors (Lipinski definition) is 3. The van der Waals surface area contributed by atoms with Crippen LogP contribution in [-0.4, -0.2) is 37.5 Å². The average Bonchev–Trinajstić information content (AvgIpc) is 3.28. The van der Waals surface area contributed by atoms with Crippen LogP contribution in [0.15, 0.2) is 29.1 Å². The van der Waals surface area contributed by atoms with Crippen molar-refractivity contribution in [2.75, 3.05) is 6.54 Å². The minimum atomic E-state index is -0.222. The van der Waals surface area contributed by atoms with Gasteiger partial charge in [0.25, 0.3) is 5.56 Å². The van der Waals surface area contributed by atoms with Crippen molar-refractivity contribution in [3.8, 4) is 0 Å². The third kappa shape index (κ3) is 2.42. The third-order valence-corrected chi connectivity index (χ3v) is 4.71. The number of H-pyrrole nitrogens is 3. The van der Waals surface area contributed by atoms with Crippen LogP contribution in [0.3, 0.4) is 0 Å². The number of carbonyl (C=O) groups is 1. The maximum atomic E-state index is 12.7. The molecular formula is C17H19N5O2. The van der Waals surface area contributed by atoms with Gasteiger partial charge < -0.3 is 15.0 Å². The molecule has 124 valence electrons. The fourth-order valence-electron chi connectivity index (χ4n) is 3.42. The first-order valence-corrected chi connectivity index (χ1v) is 8.13. The molecule has 1 aliphatic rings. The zero-order valence-electron chi connectivity index (χ0n) is 13.4. The van der Waals surface area contributed by atoms with E-state index in [0.29, 0.717) is 17.8 Å². The van der Waals surface area contributed by atoms with Crippen LogP contribution in [0.4, 0.5) is 0 Å². The van der Waals surface area contributed by atoms with Gasteiger partial charge in [0.2, 0.25) is 5.91 Å². The number of fused-ring (bicyclic) bond motifs is 1. The van der Waals surface area contributed by atoms with Gasteiger partial charge >= 0.3 is 0 Å². The number of amides is 1. The molecule has 2 aromatic heterocycles. The van der Waals surface area contributed by atoms with E-state index >= 15 is 0 Å². The first kappa shape index (κ1) is 14.7. The van der Waals surface area contributed by atoms with Crippen molar-refractivity contribution in [2.45, 2.75) is 32.2 Å². The van der Waals surface area contributed by atoms with Crippen molar-refractivity contribution >= 4 is 16.9 Å².